The Kier molecular flexibility index (Phi) is 4.27. The first kappa shape index (κ1) is 13.4. The zero-order chi connectivity index (χ0) is 13.1. The molecule has 0 amide bonds. The van der Waals surface area contributed by atoms with Gasteiger partial charge in [-0.05, 0) is 43.4 Å². The van der Waals surface area contributed by atoms with E-state index < -0.39 is 0 Å². The molecule has 2 aromatic rings. The summed E-state index contributed by atoms with van der Waals surface area (Å²) in [7, 11) is 3.87. The first-order valence-corrected chi connectivity index (χ1v) is 6.78. The van der Waals surface area contributed by atoms with Crippen LogP contribution in [0.1, 0.15) is 11.4 Å². The number of rotatable bonds is 4. The molecule has 0 saturated heterocycles. The Bertz CT molecular complexity index is 553. The van der Waals surface area contributed by atoms with Crippen LogP contribution < -0.4 is 5.32 Å². The van der Waals surface area contributed by atoms with Crippen LogP contribution in [0, 0.1) is 6.92 Å². The van der Waals surface area contributed by atoms with Gasteiger partial charge < -0.3 is 9.88 Å². The lowest BCUT2D eigenvalue weighted by Gasteiger charge is -2.10. The molecule has 0 radical (unpaired) electrons. The second kappa shape index (κ2) is 5.73. The highest BCUT2D eigenvalue weighted by molar-refractivity contribution is 7.99. The molecule has 0 aliphatic rings. The van der Waals surface area contributed by atoms with Crippen LogP contribution in [0.5, 0.6) is 0 Å². The summed E-state index contributed by atoms with van der Waals surface area (Å²) in [5, 5.41) is 13.0. The van der Waals surface area contributed by atoms with Crippen LogP contribution >= 0.6 is 23.4 Å². The molecule has 1 N–H and O–H groups in total. The van der Waals surface area contributed by atoms with E-state index in [9.17, 15) is 0 Å². The summed E-state index contributed by atoms with van der Waals surface area (Å²) in [5.74, 6) is 0.898. The SMILES string of the molecule is CNCc1c(Cl)cccc1Sc1nnc(C)n1C. The summed E-state index contributed by atoms with van der Waals surface area (Å²) >= 11 is 7.80. The predicted molar refractivity (Wildman–Crippen MR) is 74.1 cm³/mol. The van der Waals surface area contributed by atoms with Gasteiger partial charge in [-0.1, -0.05) is 17.7 Å². The predicted octanol–water partition coefficient (Wildman–Crippen LogP) is 2.65. The number of halogens is 1. The molecule has 0 saturated carbocycles. The Labute approximate surface area is 116 Å². The summed E-state index contributed by atoms with van der Waals surface area (Å²) in [4.78, 5) is 1.10. The van der Waals surface area contributed by atoms with E-state index in [2.05, 4.69) is 15.5 Å². The Morgan fingerprint density at radius 2 is 2.17 bits per heavy atom. The van der Waals surface area contributed by atoms with Gasteiger partial charge in [-0.25, -0.2) is 0 Å². The van der Waals surface area contributed by atoms with Gasteiger partial charge in [0, 0.05) is 23.5 Å². The van der Waals surface area contributed by atoms with Gasteiger partial charge in [0.15, 0.2) is 5.16 Å². The lowest BCUT2D eigenvalue weighted by Crippen LogP contribution is -2.07. The fraction of sp³-hybridized carbons (Fsp3) is 0.333. The number of aryl methyl sites for hydroxylation is 1. The van der Waals surface area contributed by atoms with E-state index in [-0.39, 0.29) is 0 Å². The Hall–Kier alpha value is -1.04. The summed E-state index contributed by atoms with van der Waals surface area (Å²) in [6.45, 7) is 2.67. The second-order valence-electron chi connectivity index (χ2n) is 3.94. The molecular formula is C12H15ClN4S. The number of nitrogens with zero attached hydrogens (tertiary/aromatic N) is 3. The van der Waals surface area contributed by atoms with Crippen LogP contribution in [0.2, 0.25) is 5.02 Å². The maximum atomic E-state index is 6.22. The number of hydrogen-bond donors (Lipinski definition) is 1. The average Bonchev–Trinajstić information content (AvgIpc) is 2.66. The van der Waals surface area contributed by atoms with E-state index in [1.165, 1.54) is 0 Å². The van der Waals surface area contributed by atoms with Gasteiger partial charge in [0.2, 0.25) is 0 Å². The van der Waals surface area contributed by atoms with Gasteiger partial charge in [-0.3, -0.25) is 0 Å². The Morgan fingerprint density at radius 1 is 1.39 bits per heavy atom. The number of benzene rings is 1. The zero-order valence-electron chi connectivity index (χ0n) is 10.6. The molecule has 2 rings (SSSR count). The monoisotopic (exact) mass is 282 g/mol. The van der Waals surface area contributed by atoms with Crippen molar-refractivity contribution < 1.29 is 0 Å². The molecule has 0 bridgehead atoms. The van der Waals surface area contributed by atoms with E-state index in [1.54, 1.807) is 11.8 Å². The second-order valence-corrected chi connectivity index (χ2v) is 5.35. The highest BCUT2D eigenvalue weighted by atomic mass is 35.5. The molecular weight excluding hydrogens is 268 g/mol. The van der Waals surface area contributed by atoms with Gasteiger partial charge >= 0.3 is 0 Å². The molecule has 96 valence electrons. The first-order chi connectivity index (χ1) is 8.63. The summed E-state index contributed by atoms with van der Waals surface area (Å²) in [6, 6.07) is 5.90. The minimum Gasteiger partial charge on any atom is -0.316 e. The van der Waals surface area contributed by atoms with Crippen molar-refractivity contribution in [2.45, 2.75) is 23.5 Å². The molecule has 1 aromatic heterocycles. The number of nitrogens with one attached hydrogen (secondary N) is 1. The first-order valence-electron chi connectivity index (χ1n) is 5.59. The molecule has 18 heavy (non-hydrogen) atoms. The van der Waals surface area contributed by atoms with Crippen molar-refractivity contribution in [1.29, 1.82) is 0 Å². The van der Waals surface area contributed by atoms with Crippen molar-refractivity contribution in [2.75, 3.05) is 7.05 Å². The fourth-order valence-corrected chi connectivity index (χ4v) is 2.85. The average molecular weight is 283 g/mol. The third kappa shape index (κ3) is 2.68. The highest BCUT2D eigenvalue weighted by Crippen LogP contribution is 2.32. The van der Waals surface area contributed by atoms with E-state index in [4.69, 9.17) is 11.6 Å². The molecule has 0 unspecified atom stereocenters. The Balaban J connectivity index is 2.34. The lowest BCUT2D eigenvalue weighted by molar-refractivity contribution is 0.763. The molecule has 0 aliphatic heterocycles. The van der Waals surface area contributed by atoms with Gasteiger partial charge in [-0.2, -0.15) is 0 Å². The van der Waals surface area contributed by atoms with Crippen LogP contribution in [0.4, 0.5) is 0 Å². The van der Waals surface area contributed by atoms with Crippen molar-refractivity contribution in [3.05, 3.63) is 34.6 Å². The van der Waals surface area contributed by atoms with Crippen LogP contribution in [-0.4, -0.2) is 21.8 Å². The number of aromatic nitrogens is 3. The molecule has 1 heterocycles. The molecule has 4 nitrogen and oxygen atoms in total. The normalized spacial score (nSPS) is 10.9. The molecule has 0 fully saturated rings. The summed E-state index contributed by atoms with van der Waals surface area (Å²) in [5.41, 5.74) is 1.09. The molecule has 0 atom stereocenters. The maximum absolute atomic E-state index is 6.22. The topological polar surface area (TPSA) is 42.7 Å². The third-order valence-corrected chi connectivity index (χ3v) is 4.18. The third-order valence-electron chi connectivity index (χ3n) is 2.68. The molecule has 1 aromatic carbocycles. The minimum absolute atomic E-state index is 0.735. The summed E-state index contributed by atoms with van der Waals surface area (Å²) < 4.78 is 1.97. The maximum Gasteiger partial charge on any atom is 0.195 e. The van der Waals surface area contributed by atoms with Crippen molar-refractivity contribution >= 4 is 23.4 Å². The smallest absolute Gasteiger partial charge is 0.195 e. The minimum atomic E-state index is 0.735. The van der Waals surface area contributed by atoms with E-state index in [1.807, 2.05) is 43.8 Å². The largest absolute Gasteiger partial charge is 0.316 e. The Morgan fingerprint density at radius 3 is 2.78 bits per heavy atom. The van der Waals surface area contributed by atoms with Crippen molar-refractivity contribution in [2.24, 2.45) is 7.05 Å². The van der Waals surface area contributed by atoms with Gasteiger partial charge in [-0.15, -0.1) is 10.2 Å². The molecule has 6 heteroatoms. The van der Waals surface area contributed by atoms with Crippen LogP contribution in [-0.2, 0) is 13.6 Å². The van der Waals surface area contributed by atoms with E-state index in [0.717, 1.165) is 33.0 Å². The van der Waals surface area contributed by atoms with E-state index in [0.29, 0.717) is 0 Å². The standard InChI is InChI=1S/C12H15ClN4S/c1-8-15-16-12(17(8)3)18-11-6-4-5-10(13)9(11)7-14-2/h4-6,14H,7H2,1-3H3. The van der Waals surface area contributed by atoms with Crippen molar-refractivity contribution in [3.8, 4) is 0 Å². The highest BCUT2D eigenvalue weighted by Gasteiger charge is 2.12. The van der Waals surface area contributed by atoms with Gasteiger partial charge in [0.1, 0.15) is 5.82 Å². The van der Waals surface area contributed by atoms with Gasteiger partial charge in [0.25, 0.3) is 0 Å². The molecule has 0 spiro atoms. The van der Waals surface area contributed by atoms with Crippen molar-refractivity contribution in [3.63, 3.8) is 0 Å². The van der Waals surface area contributed by atoms with Crippen molar-refractivity contribution in [1.82, 2.24) is 20.1 Å². The molecule has 0 aliphatic carbocycles. The quantitative estimate of drug-likeness (QED) is 0.936. The van der Waals surface area contributed by atoms with Crippen LogP contribution in [0.15, 0.2) is 28.3 Å². The lowest BCUT2D eigenvalue weighted by atomic mass is 10.2. The van der Waals surface area contributed by atoms with Crippen LogP contribution in [0.3, 0.4) is 0 Å². The van der Waals surface area contributed by atoms with E-state index >= 15 is 0 Å². The van der Waals surface area contributed by atoms with Gasteiger partial charge in [0.05, 0.1) is 0 Å². The fourth-order valence-electron chi connectivity index (χ4n) is 1.56. The van der Waals surface area contributed by atoms with Crippen LogP contribution in [0.25, 0.3) is 0 Å². The number of hydrogen-bond acceptors (Lipinski definition) is 4. The zero-order valence-corrected chi connectivity index (χ0v) is 12.1. The summed E-state index contributed by atoms with van der Waals surface area (Å²) in [6.07, 6.45) is 0.